The van der Waals surface area contributed by atoms with Crippen molar-refractivity contribution in [1.82, 2.24) is 5.32 Å². The van der Waals surface area contributed by atoms with Gasteiger partial charge >= 0.3 is 6.03 Å². The van der Waals surface area contributed by atoms with Gasteiger partial charge in [0.2, 0.25) is 5.91 Å². The number of rotatable bonds is 7. The van der Waals surface area contributed by atoms with E-state index in [-0.39, 0.29) is 13.0 Å². The summed E-state index contributed by atoms with van der Waals surface area (Å²) in [5.41, 5.74) is 16.3. The second-order valence-corrected chi connectivity index (χ2v) is 15.1. The summed E-state index contributed by atoms with van der Waals surface area (Å²) in [6, 6.07) is 24.5. The van der Waals surface area contributed by atoms with Gasteiger partial charge in [-0.3, -0.25) is 10.0 Å². The Morgan fingerprint density at radius 1 is 0.939 bits per heavy atom. The number of allylic oxidation sites excluding steroid dienone is 3. The molecule has 1 unspecified atom stereocenters. The van der Waals surface area contributed by atoms with Crippen LogP contribution >= 0.6 is 11.3 Å². The van der Waals surface area contributed by atoms with Crippen molar-refractivity contribution in [3.8, 4) is 21.6 Å². The SMILES string of the molecule is C=CCNC(=O)N(O)c1cccc(-c2ccc(C3=Cc4ccc5c(c4CC3)CCc3ccccc3-5)s2)c1.NC(=O)CC1C=CC=CS1(=O)=O. The molecule has 8 nitrogen and oxygen atoms in total. The molecule has 7 rings (SSSR count). The van der Waals surface area contributed by atoms with Crippen LogP contribution in [0.1, 0.15) is 40.0 Å². The first kappa shape index (κ1) is 33.9. The topological polar surface area (TPSA) is 130 Å². The minimum atomic E-state index is -3.29. The number of carbonyl (C=O) groups excluding carboxylic acids is 2. The van der Waals surface area contributed by atoms with Crippen LogP contribution in [0, 0.1) is 0 Å². The molecule has 4 aromatic rings. The van der Waals surface area contributed by atoms with Crippen molar-refractivity contribution in [2.75, 3.05) is 11.6 Å². The Morgan fingerprint density at radius 2 is 1.73 bits per heavy atom. The molecular weight excluding hydrogens is 655 g/mol. The summed E-state index contributed by atoms with van der Waals surface area (Å²) in [6.45, 7) is 3.87. The molecule has 1 aromatic heterocycles. The van der Waals surface area contributed by atoms with Crippen molar-refractivity contribution in [1.29, 1.82) is 0 Å². The molecule has 1 aliphatic heterocycles. The van der Waals surface area contributed by atoms with E-state index in [0.29, 0.717) is 10.8 Å². The maximum Gasteiger partial charge on any atom is 0.346 e. The molecule has 0 saturated carbocycles. The average Bonchev–Trinajstić information content (AvgIpc) is 3.61. The quantitative estimate of drug-likeness (QED) is 0.105. The summed E-state index contributed by atoms with van der Waals surface area (Å²) >= 11 is 1.75. The summed E-state index contributed by atoms with van der Waals surface area (Å²) in [5, 5.41) is 13.8. The van der Waals surface area contributed by atoms with Crippen LogP contribution in [0.5, 0.6) is 0 Å². The lowest BCUT2D eigenvalue weighted by molar-refractivity contribution is -0.117. The van der Waals surface area contributed by atoms with E-state index in [4.69, 9.17) is 5.73 Å². The lowest BCUT2D eigenvalue weighted by Gasteiger charge is -2.26. The normalized spacial score (nSPS) is 16.5. The zero-order chi connectivity index (χ0) is 34.5. The molecule has 10 heteroatoms. The van der Waals surface area contributed by atoms with Crippen LogP contribution in [0.3, 0.4) is 0 Å². The van der Waals surface area contributed by atoms with Gasteiger partial charge in [0, 0.05) is 28.1 Å². The summed E-state index contributed by atoms with van der Waals surface area (Å²) in [7, 11) is -3.29. The maximum atomic E-state index is 12.1. The largest absolute Gasteiger partial charge is 0.370 e. The predicted molar refractivity (Wildman–Crippen MR) is 198 cm³/mol. The zero-order valence-corrected chi connectivity index (χ0v) is 28.5. The molecule has 2 heterocycles. The number of anilines is 1. The van der Waals surface area contributed by atoms with Gasteiger partial charge in [0.15, 0.2) is 9.84 Å². The number of amides is 3. The van der Waals surface area contributed by atoms with Crippen LogP contribution in [0.4, 0.5) is 10.5 Å². The van der Waals surface area contributed by atoms with Crippen LogP contribution in [0.15, 0.2) is 109 Å². The second-order valence-electron chi connectivity index (χ2n) is 12.0. The first-order chi connectivity index (χ1) is 23.6. The van der Waals surface area contributed by atoms with E-state index in [1.807, 2.05) is 18.2 Å². The van der Waals surface area contributed by atoms with Gasteiger partial charge in [0.05, 0.1) is 10.9 Å². The van der Waals surface area contributed by atoms with Crippen molar-refractivity contribution in [2.45, 2.75) is 37.4 Å². The third-order valence-electron chi connectivity index (χ3n) is 8.81. The van der Waals surface area contributed by atoms with E-state index >= 15 is 0 Å². The van der Waals surface area contributed by atoms with Gasteiger partial charge in [-0.1, -0.05) is 78.9 Å². The molecule has 4 N–H and O–H groups in total. The van der Waals surface area contributed by atoms with Crippen LogP contribution in [-0.2, 0) is 33.9 Å². The number of carbonyl (C=O) groups is 2. The van der Waals surface area contributed by atoms with Crippen molar-refractivity contribution < 1.29 is 23.2 Å². The minimum absolute atomic E-state index is 0.150. The number of nitrogens with zero attached hydrogens (tertiary/aromatic N) is 1. The number of fused-ring (bicyclic) bond motifs is 5. The Labute approximate surface area is 290 Å². The van der Waals surface area contributed by atoms with Crippen molar-refractivity contribution in [2.24, 2.45) is 5.73 Å². The Hall–Kier alpha value is -5.03. The second kappa shape index (κ2) is 14.6. The summed E-state index contributed by atoms with van der Waals surface area (Å²) in [5.74, 6) is -0.608. The number of hydroxylamine groups is 1. The van der Waals surface area contributed by atoms with E-state index in [2.05, 4.69) is 66.5 Å². The average molecular weight is 692 g/mol. The summed E-state index contributed by atoms with van der Waals surface area (Å²) in [6.07, 6.45) is 12.6. The predicted octanol–water partition coefficient (Wildman–Crippen LogP) is 7.49. The third-order valence-corrected chi connectivity index (χ3v) is 11.7. The zero-order valence-electron chi connectivity index (χ0n) is 26.8. The van der Waals surface area contributed by atoms with Crippen molar-refractivity contribution in [3.05, 3.63) is 136 Å². The van der Waals surface area contributed by atoms with Crippen molar-refractivity contribution in [3.63, 3.8) is 0 Å². The number of hydrogen-bond donors (Lipinski definition) is 3. The molecule has 0 saturated heterocycles. The van der Waals surface area contributed by atoms with E-state index < -0.39 is 27.0 Å². The molecule has 2 aliphatic carbocycles. The highest BCUT2D eigenvalue weighted by Gasteiger charge is 2.24. The van der Waals surface area contributed by atoms with E-state index in [9.17, 15) is 23.2 Å². The number of thiophene rings is 1. The molecule has 3 amide bonds. The van der Waals surface area contributed by atoms with E-state index in [1.165, 1.54) is 56.0 Å². The van der Waals surface area contributed by atoms with Crippen LogP contribution in [0.2, 0.25) is 0 Å². The lowest BCUT2D eigenvalue weighted by atomic mass is 9.78. The highest BCUT2D eigenvalue weighted by atomic mass is 32.2. The van der Waals surface area contributed by atoms with Gasteiger partial charge in [-0.25, -0.2) is 13.2 Å². The fraction of sp³-hybridized carbons (Fsp3) is 0.179. The Balaban J connectivity index is 0.000000295. The van der Waals surface area contributed by atoms with Gasteiger partial charge < -0.3 is 11.1 Å². The molecule has 3 aromatic carbocycles. The van der Waals surface area contributed by atoms with Crippen LogP contribution in [-0.4, -0.2) is 37.4 Å². The van der Waals surface area contributed by atoms with Gasteiger partial charge in [0.1, 0.15) is 0 Å². The van der Waals surface area contributed by atoms with Crippen LogP contribution < -0.4 is 16.1 Å². The van der Waals surface area contributed by atoms with Crippen LogP contribution in [0.25, 0.3) is 33.2 Å². The van der Waals surface area contributed by atoms with E-state index in [1.54, 1.807) is 29.6 Å². The molecule has 49 heavy (non-hydrogen) atoms. The van der Waals surface area contributed by atoms with Crippen molar-refractivity contribution >= 4 is 50.4 Å². The Morgan fingerprint density at radius 3 is 2.53 bits per heavy atom. The number of primary amides is 1. The lowest BCUT2D eigenvalue weighted by Crippen LogP contribution is -2.37. The maximum absolute atomic E-state index is 12.1. The van der Waals surface area contributed by atoms with E-state index in [0.717, 1.165) is 41.5 Å². The molecular formula is C39H37N3O5S2. The fourth-order valence-corrected chi connectivity index (χ4v) is 8.66. The standard InChI is InChI=1S/C32H28N2O2S.C7H9NO3S/c1-2-18-33-32(35)34(36)25-8-5-7-23(20-25)30-16-17-31(37-30)24-12-13-27-22(19-24)11-15-28-26-9-4-3-6-21(26)10-14-29(27)28;8-7(9)5-6-3-1-2-4-12(6,10)11/h2-9,11,15-17,19-20,36H,1,10,12-14,18H2,(H,33,35);1-4,6H,5H2,(H2,8,9). The third kappa shape index (κ3) is 7.51. The first-order valence-corrected chi connectivity index (χ1v) is 18.5. The number of nitrogens with two attached hydrogens (primary N) is 1. The number of benzene rings is 3. The molecule has 0 radical (unpaired) electrons. The van der Waals surface area contributed by atoms with Gasteiger partial charge in [-0.2, -0.15) is 5.06 Å². The minimum Gasteiger partial charge on any atom is -0.370 e. The summed E-state index contributed by atoms with van der Waals surface area (Å²) in [4.78, 5) is 24.9. The number of sulfone groups is 1. The fourth-order valence-electron chi connectivity index (χ4n) is 6.40. The highest BCUT2D eigenvalue weighted by molar-refractivity contribution is 7.95. The number of aryl methyl sites for hydroxylation is 1. The van der Waals surface area contributed by atoms with Gasteiger partial charge in [0.25, 0.3) is 0 Å². The number of nitrogens with one attached hydrogen (secondary N) is 1. The Bertz CT molecular complexity index is 2130. The Kier molecular flexibility index (Phi) is 10.1. The molecule has 3 aliphatic rings. The highest BCUT2D eigenvalue weighted by Crippen LogP contribution is 2.42. The number of hydrogen-bond acceptors (Lipinski definition) is 6. The smallest absolute Gasteiger partial charge is 0.346 e. The molecule has 0 fully saturated rings. The first-order valence-electron chi connectivity index (χ1n) is 16.0. The molecule has 0 spiro atoms. The summed E-state index contributed by atoms with van der Waals surface area (Å²) < 4.78 is 22.3. The number of urea groups is 1. The monoisotopic (exact) mass is 691 g/mol. The molecule has 1 atom stereocenters. The molecule has 0 bridgehead atoms. The molecule has 250 valence electrons. The van der Waals surface area contributed by atoms with Gasteiger partial charge in [-0.15, -0.1) is 17.9 Å². The van der Waals surface area contributed by atoms with Gasteiger partial charge in [-0.05, 0) is 94.5 Å².